The van der Waals surface area contributed by atoms with Gasteiger partial charge in [-0.1, -0.05) is 0 Å². The molecule has 21 heavy (non-hydrogen) atoms. The van der Waals surface area contributed by atoms with Crippen LogP contribution in [0.5, 0.6) is 0 Å². The van der Waals surface area contributed by atoms with Crippen molar-refractivity contribution in [3.63, 3.8) is 0 Å². The van der Waals surface area contributed by atoms with E-state index in [1.54, 1.807) is 12.3 Å². The van der Waals surface area contributed by atoms with Gasteiger partial charge in [-0.2, -0.15) is 0 Å². The molecule has 2 aromatic rings. The maximum atomic E-state index is 10.7. The fourth-order valence-corrected chi connectivity index (χ4v) is 2.83. The Bertz CT molecular complexity index is 642. The van der Waals surface area contributed by atoms with Gasteiger partial charge in [-0.15, -0.1) is 0 Å². The van der Waals surface area contributed by atoms with Gasteiger partial charge in [-0.3, -0.25) is 10.1 Å². The van der Waals surface area contributed by atoms with Crippen LogP contribution in [0.2, 0.25) is 0 Å². The normalized spacial score (nSPS) is 10.6. The molecule has 0 aliphatic rings. The van der Waals surface area contributed by atoms with Gasteiger partial charge >= 0.3 is 0 Å². The molecule has 0 aliphatic heterocycles. The van der Waals surface area contributed by atoms with Crippen LogP contribution in [-0.4, -0.2) is 28.1 Å². The lowest BCUT2D eigenvalue weighted by Crippen LogP contribution is -2.20. The molecule has 0 atom stereocenters. The molecular formula is C14H17BrN4O2. The lowest BCUT2D eigenvalue weighted by Gasteiger charge is -2.20. The summed E-state index contributed by atoms with van der Waals surface area (Å²) in [5.41, 5.74) is 1.04. The van der Waals surface area contributed by atoms with E-state index >= 15 is 0 Å². The molecule has 0 spiro atoms. The number of aryl methyl sites for hydroxylation is 2. The number of nitrogens with zero attached hydrogens (tertiary/aromatic N) is 4. The van der Waals surface area contributed by atoms with Crippen LogP contribution in [0.3, 0.4) is 0 Å². The molecule has 0 unspecified atom stereocenters. The third-order valence-electron chi connectivity index (χ3n) is 3.37. The van der Waals surface area contributed by atoms with Crippen LogP contribution in [-0.2, 0) is 6.54 Å². The Balaban J connectivity index is 1.95. The molecule has 0 amide bonds. The molecule has 1 aromatic carbocycles. The zero-order valence-corrected chi connectivity index (χ0v) is 13.6. The number of hydrogen-bond donors (Lipinski definition) is 0. The quantitative estimate of drug-likeness (QED) is 0.590. The predicted octanol–water partition coefficient (Wildman–Crippen LogP) is 3.39. The Labute approximate surface area is 131 Å². The molecule has 0 aliphatic carbocycles. The zero-order valence-electron chi connectivity index (χ0n) is 12.0. The number of non-ortho nitro benzene ring substituents is 1. The van der Waals surface area contributed by atoms with Crippen molar-refractivity contribution >= 4 is 27.3 Å². The maximum Gasteiger partial charge on any atom is 0.270 e. The zero-order chi connectivity index (χ0) is 15.4. The van der Waals surface area contributed by atoms with E-state index in [4.69, 9.17) is 0 Å². The van der Waals surface area contributed by atoms with Gasteiger partial charge in [0.15, 0.2) is 0 Å². The molecule has 6 nitrogen and oxygen atoms in total. The Hall–Kier alpha value is -1.89. The van der Waals surface area contributed by atoms with Crippen molar-refractivity contribution in [1.29, 1.82) is 0 Å². The number of benzene rings is 1. The number of halogens is 1. The van der Waals surface area contributed by atoms with Crippen LogP contribution in [0.15, 0.2) is 35.1 Å². The summed E-state index contributed by atoms with van der Waals surface area (Å²) in [4.78, 5) is 16.6. The third-order valence-corrected chi connectivity index (χ3v) is 4.00. The summed E-state index contributed by atoms with van der Waals surface area (Å²) in [6.45, 7) is 3.74. The summed E-state index contributed by atoms with van der Waals surface area (Å²) in [6.07, 6.45) is 4.74. The number of aromatic nitrogens is 2. The van der Waals surface area contributed by atoms with Crippen LogP contribution in [0, 0.1) is 17.0 Å². The maximum absolute atomic E-state index is 10.7. The standard InChI is InChI=1S/C14H17BrN4O2/c1-11-16-6-9-18(11)8-3-7-17(2)14-5-4-12(19(20)21)10-13(14)15/h4-6,9-10H,3,7-8H2,1-2H3. The SMILES string of the molecule is Cc1nccn1CCCN(C)c1ccc([N+](=O)[O-])cc1Br. The second kappa shape index (κ2) is 6.71. The van der Waals surface area contributed by atoms with E-state index in [2.05, 4.69) is 30.4 Å². The topological polar surface area (TPSA) is 64.2 Å². The Morgan fingerprint density at radius 1 is 1.48 bits per heavy atom. The van der Waals surface area contributed by atoms with Crippen molar-refractivity contribution < 1.29 is 4.92 Å². The monoisotopic (exact) mass is 352 g/mol. The number of nitro groups is 1. The first-order valence-electron chi connectivity index (χ1n) is 6.62. The summed E-state index contributed by atoms with van der Waals surface area (Å²) in [5.74, 6) is 1.01. The highest BCUT2D eigenvalue weighted by molar-refractivity contribution is 9.10. The van der Waals surface area contributed by atoms with Crippen molar-refractivity contribution in [1.82, 2.24) is 9.55 Å². The average molecular weight is 353 g/mol. The largest absolute Gasteiger partial charge is 0.374 e. The van der Waals surface area contributed by atoms with Crippen LogP contribution < -0.4 is 4.90 Å². The third kappa shape index (κ3) is 3.81. The van der Waals surface area contributed by atoms with Gasteiger partial charge in [0.2, 0.25) is 0 Å². The highest BCUT2D eigenvalue weighted by Crippen LogP contribution is 2.29. The minimum atomic E-state index is -0.393. The second-order valence-electron chi connectivity index (χ2n) is 4.84. The second-order valence-corrected chi connectivity index (χ2v) is 5.69. The van der Waals surface area contributed by atoms with Gasteiger partial charge in [-0.25, -0.2) is 4.98 Å². The Morgan fingerprint density at radius 2 is 2.24 bits per heavy atom. The predicted molar refractivity (Wildman–Crippen MR) is 85.6 cm³/mol. The van der Waals surface area contributed by atoms with Gasteiger partial charge in [0.1, 0.15) is 5.82 Å². The van der Waals surface area contributed by atoms with Crippen molar-refractivity contribution in [3.05, 3.63) is 51.0 Å². The smallest absolute Gasteiger partial charge is 0.270 e. The summed E-state index contributed by atoms with van der Waals surface area (Å²) in [6, 6.07) is 4.83. The van der Waals surface area contributed by atoms with Crippen molar-refractivity contribution in [2.24, 2.45) is 0 Å². The molecule has 0 bridgehead atoms. The Morgan fingerprint density at radius 3 is 2.81 bits per heavy atom. The molecule has 7 heteroatoms. The molecule has 0 saturated heterocycles. The minimum absolute atomic E-state index is 0.0908. The Kier molecular flexibility index (Phi) is 4.95. The number of nitro benzene ring substituents is 1. The lowest BCUT2D eigenvalue weighted by atomic mass is 10.2. The molecular weight excluding hydrogens is 336 g/mol. The fourth-order valence-electron chi connectivity index (χ4n) is 2.16. The summed E-state index contributed by atoms with van der Waals surface area (Å²) < 4.78 is 2.84. The van der Waals surface area contributed by atoms with E-state index in [9.17, 15) is 10.1 Å². The van der Waals surface area contributed by atoms with Gasteiger partial charge in [-0.05, 0) is 35.3 Å². The molecule has 0 N–H and O–H groups in total. The molecule has 112 valence electrons. The molecule has 0 saturated carbocycles. The fraction of sp³-hybridized carbons (Fsp3) is 0.357. The highest BCUT2D eigenvalue weighted by Gasteiger charge is 2.11. The van der Waals surface area contributed by atoms with Crippen molar-refractivity contribution in [3.8, 4) is 0 Å². The van der Waals surface area contributed by atoms with E-state index in [-0.39, 0.29) is 5.69 Å². The van der Waals surface area contributed by atoms with Gasteiger partial charge in [0, 0.05) is 49.1 Å². The number of imidazole rings is 1. The van der Waals surface area contributed by atoms with E-state index < -0.39 is 4.92 Å². The first-order chi connectivity index (χ1) is 9.99. The number of hydrogen-bond acceptors (Lipinski definition) is 4. The summed E-state index contributed by atoms with van der Waals surface area (Å²) >= 11 is 3.40. The van der Waals surface area contributed by atoms with Crippen molar-refractivity contribution in [2.75, 3.05) is 18.5 Å². The lowest BCUT2D eigenvalue weighted by molar-refractivity contribution is -0.384. The molecule has 0 radical (unpaired) electrons. The molecule has 0 fully saturated rings. The van der Waals surface area contributed by atoms with E-state index in [0.717, 1.165) is 35.5 Å². The van der Waals surface area contributed by atoms with Crippen LogP contribution in [0.25, 0.3) is 0 Å². The van der Waals surface area contributed by atoms with Gasteiger partial charge < -0.3 is 9.47 Å². The highest BCUT2D eigenvalue weighted by atomic mass is 79.9. The van der Waals surface area contributed by atoms with Gasteiger partial charge in [0.05, 0.1) is 10.6 Å². The van der Waals surface area contributed by atoms with Crippen molar-refractivity contribution in [2.45, 2.75) is 19.9 Å². The first kappa shape index (κ1) is 15.5. The summed E-state index contributed by atoms with van der Waals surface area (Å²) in [7, 11) is 1.98. The number of rotatable bonds is 6. The van der Waals surface area contributed by atoms with Crippen LogP contribution in [0.1, 0.15) is 12.2 Å². The summed E-state index contributed by atoms with van der Waals surface area (Å²) in [5, 5.41) is 10.7. The number of anilines is 1. The first-order valence-corrected chi connectivity index (χ1v) is 7.41. The average Bonchev–Trinajstić information content (AvgIpc) is 2.84. The van der Waals surface area contributed by atoms with E-state index in [1.807, 2.05) is 20.2 Å². The van der Waals surface area contributed by atoms with Crippen LogP contribution in [0.4, 0.5) is 11.4 Å². The van der Waals surface area contributed by atoms with Crippen LogP contribution >= 0.6 is 15.9 Å². The minimum Gasteiger partial charge on any atom is -0.374 e. The molecule has 1 aromatic heterocycles. The van der Waals surface area contributed by atoms with Gasteiger partial charge in [0.25, 0.3) is 5.69 Å². The molecule has 2 rings (SSSR count). The van der Waals surface area contributed by atoms with E-state index in [1.165, 1.54) is 12.1 Å². The van der Waals surface area contributed by atoms with E-state index in [0.29, 0.717) is 0 Å². The molecule has 1 heterocycles.